The number of hydrogen-bond donors (Lipinski definition) is 1. The highest BCUT2D eigenvalue weighted by molar-refractivity contribution is 5.61. The summed E-state index contributed by atoms with van der Waals surface area (Å²) in [4.78, 5) is 11.7. The molecule has 1 aromatic heterocycles. The van der Waals surface area contributed by atoms with E-state index in [4.69, 9.17) is 14.9 Å². The number of rotatable bonds is 4. The minimum Gasteiger partial charge on any atom is -0.497 e. The Bertz CT molecular complexity index is 614. The van der Waals surface area contributed by atoms with Crippen LogP contribution in [-0.4, -0.2) is 7.11 Å². The van der Waals surface area contributed by atoms with E-state index in [-0.39, 0.29) is 5.69 Å². The molecule has 0 aliphatic rings. The van der Waals surface area contributed by atoms with Gasteiger partial charge in [0.05, 0.1) is 7.11 Å². The van der Waals surface area contributed by atoms with Crippen molar-refractivity contribution in [3.05, 3.63) is 46.3 Å². The van der Waals surface area contributed by atoms with Crippen molar-refractivity contribution in [2.24, 2.45) is 0 Å². The zero-order valence-corrected chi connectivity index (χ0v) is 11.1. The number of hydrogen-bond acceptors (Lipinski definition) is 4. The molecule has 0 radical (unpaired) electrons. The van der Waals surface area contributed by atoms with E-state index in [9.17, 15) is 4.79 Å². The minimum absolute atomic E-state index is 0.208. The molecule has 2 N–H and O–H groups in total. The van der Waals surface area contributed by atoms with Crippen LogP contribution in [0.1, 0.15) is 18.9 Å². The fourth-order valence-electron chi connectivity index (χ4n) is 1.93. The lowest BCUT2D eigenvalue weighted by Crippen LogP contribution is -2.10. The van der Waals surface area contributed by atoms with Crippen molar-refractivity contribution >= 4 is 5.69 Å². The fraction of sp³-hybridized carbons (Fsp3) is 0.267. The first-order chi connectivity index (χ1) is 9.15. The number of ether oxygens (including phenoxy) is 1. The Hall–Kier alpha value is -2.23. The highest BCUT2D eigenvalue weighted by Crippen LogP contribution is 2.24. The van der Waals surface area contributed by atoms with E-state index in [1.165, 1.54) is 0 Å². The second-order valence-corrected chi connectivity index (χ2v) is 4.32. The molecule has 2 rings (SSSR count). The van der Waals surface area contributed by atoms with Gasteiger partial charge in [0.2, 0.25) is 0 Å². The molecule has 100 valence electrons. The molecule has 0 saturated carbocycles. The third kappa shape index (κ3) is 2.78. The van der Waals surface area contributed by atoms with Crippen LogP contribution in [0.5, 0.6) is 5.75 Å². The van der Waals surface area contributed by atoms with E-state index >= 15 is 0 Å². The number of benzene rings is 1. The quantitative estimate of drug-likeness (QED) is 0.916. The van der Waals surface area contributed by atoms with Crippen LogP contribution in [-0.2, 0) is 6.42 Å². The Balaban J connectivity index is 2.46. The van der Waals surface area contributed by atoms with Crippen LogP contribution >= 0.6 is 0 Å². The van der Waals surface area contributed by atoms with Crippen molar-refractivity contribution in [1.29, 1.82) is 0 Å². The van der Waals surface area contributed by atoms with Gasteiger partial charge in [-0.1, -0.05) is 13.3 Å². The molecule has 1 aromatic carbocycles. The molecule has 0 atom stereocenters. The Morgan fingerprint density at radius 1 is 1.26 bits per heavy atom. The summed E-state index contributed by atoms with van der Waals surface area (Å²) in [6, 6.07) is 9.18. The summed E-state index contributed by atoms with van der Waals surface area (Å²) in [5, 5.41) is 0. The van der Waals surface area contributed by atoms with Gasteiger partial charge in [-0.2, -0.15) is 0 Å². The third-order valence-electron chi connectivity index (χ3n) is 2.97. The molecule has 0 aliphatic heterocycles. The maximum Gasteiger partial charge on any atom is 0.359 e. The van der Waals surface area contributed by atoms with Crippen LogP contribution in [0.25, 0.3) is 11.3 Å². The maximum absolute atomic E-state index is 11.7. The molecule has 0 aliphatic carbocycles. The molecule has 4 nitrogen and oxygen atoms in total. The van der Waals surface area contributed by atoms with Gasteiger partial charge in [-0.15, -0.1) is 0 Å². The summed E-state index contributed by atoms with van der Waals surface area (Å²) in [6.45, 7) is 2.04. The van der Waals surface area contributed by atoms with E-state index in [0.29, 0.717) is 5.76 Å². The van der Waals surface area contributed by atoms with Crippen molar-refractivity contribution in [3.63, 3.8) is 0 Å². The number of anilines is 1. The summed E-state index contributed by atoms with van der Waals surface area (Å²) in [6.07, 6.45) is 1.69. The van der Waals surface area contributed by atoms with E-state index in [2.05, 4.69) is 0 Å². The standard InChI is InChI=1S/C15H17NO3/c1-3-4-11-9-13(19-15(17)14(11)16)10-5-7-12(18-2)8-6-10/h5-9H,3-4,16H2,1-2H3. The Labute approximate surface area is 111 Å². The molecular weight excluding hydrogens is 242 g/mol. The average Bonchev–Trinajstić information content (AvgIpc) is 2.44. The molecular formula is C15H17NO3. The average molecular weight is 259 g/mol. The predicted molar refractivity (Wildman–Crippen MR) is 75.4 cm³/mol. The van der Waals surface area contributed by atoms with Crippen LogP contribution in [0.2, 0.25) is 0 Å². The second kappa shape index (κ2) is 5.61. The van der Waals surface area contributed by atoms with Crippen molar-refractivity contribution in [2.75, 3.05) is 12.8 Å². The van der Waals surface area contributed by atoms with Crippen LogP contribution in [0.4, 0.5) is 5.69 Å². The van der Waals surface area contributed by atoms with Crippen LogP contribution in [0, 0.1) is 0 Å². The Morgan fingerprint density at radius 2 is 1.95 bits per heavy atom. The van der Waals surface area contributed by atoms with Crippen LogP contribution < -0.4 is 16.1 Å². The molecule has 0 spiro atoms. The molecule has 19 heavy (non-hydrogen) atoms. The summed E-state index contributed by atoms with van der Waals surface area (Å²) < 4.78 is 10.3. The molecule has 0 amide bonds. The van der Waals surface area contributed by atoms with Crippen LogP contribution in [0.15, 0.2) is 39.5 Å². The summed E-state index contributed by atoms with van der Waals surface area (Å²) >= 11 is 0. The van der Waals surface area contributed by atoms with Gasteiger partial charge in [0.25, 0.3) is 0 Å². The van der Waals surface area contributed by atoms with Gasteiger partial charge in [0.1, 0.15) is 17.2 Å². The monoisotopic (exact) mass is 259 g/mol. The van der Waals surface area contributed by atoms with Crippen molar-refractivity contribution < 1.29 is 9.15 Å². The van der Waals surface area contributed by atoms with Gasteiger partial charge in [-0.05, 0) is 42.3 Å². The first-order valence-electron chi connectivity index (χ1n) is 6.22. The van der Waals surface area contributed by atoms with E-state index < -0.39 is 5.63 Å². The summed E-state index contributed by atoms with van der Waals surface area (Å²) in [7, 11) is 1.61. The van der Waals surface area contributed by atoms with E-state index in [0.717, 1.165) is 29.7 Å². The zero-order chi connectivity index (χ0) is 13.8. The van der Waals surface area contributed by atoms with Gasteiger partial charge in [0, 0.05) is 5.56 Å². The molecule has 1 heterocycles. The molecule has 2 aromatic rings. The zero-order valence-electron chi connectivity index (χ0n) is 11.1. The summed E-state index contributed by atoms with van der Waals surface area (Å²) in [5.41, 5.74) is 7.13. The largest absolute Gasteiger partial charge is 0.497 e. The lowest BCUT2D eigenvalue weighted by Gasteiger charge is -2.07. The molecule has 4 heteroatoms. The van der Waals surface area contributed by atoms with Crippen molar-refractivity contribution in [2.45, 2.75) is 19.8 Å². The Kier molecular flexibility index (Phi) is 3.90. The molecule has 0 fully saturated rings. The minimum atomic E-state index is -0.475. The number of nitrogen functional groups attached to an aromatic ring is 1. The predicted octanol–water partition coefficient (Wildman–Crippen LogP) is 2.85. The normalized spacial score (nSPS) is 10.4. The third-order valence-corrected chi connectivity index (χ3v) is 2.97. The van der Waals surface area contributed by atoms with E-state index in [1.807, 2.05) is 37.3 Å². The van der Waals surface area contributed by atoms with Gasteiger partial charge in [-0.25, -0.2) is 4.79 Å². The number of methoxy groups -OCH3 is 1. The lowest BCUT2D eigenvalue weighted by molar-refractivity contribution is 0.415. The maximum atomic E-state index is 11.7. The lowest BCUT2D eigenvalue weighted by atomic mass is 10.1. The number of nitrogens with two attached hydrogens (primary N) is 1. The highest BCUT2D eigenvalue weighted by atomic mass is 16.5. The highest BCUT2D eigenvalue weighted by Gasteiger charge is 2.09. The van der Waals surface area contributed by atoms with Gasteiger partial charge >= 0.3 is 5.63 Å². The molecule has 0 unspecified atom stereocenters. The first kappa shape index (κ1) is 13.2. The smallest absolute Gasteiger partial charge is 0.359 e. The van der Waals surface area contributed by atoms with Gasteiger partial charge in [0.15, 0.2) is 0 Å². The topological polar surface area (TPSA) is 65.5 Å². The summed E-state index contributed by atoms with van der Waals surface area (Å²) in [5.74, 6) is 1.29. The molecule has 0 saturated heterocycles. The first-order valence-corrected chi connectivity index (χ1v) is 6.22. The van der Waals surface area contributed by atoms with Gasteiger partial charge in [-0.3, -0.25) is 0 Å². The SMILES string of the molecule is CCCc1cc(-c2ccc(OC)cc2)oc(=O)c1N. The van der Waals surface area contributed by atoms with Crippen molar-refractivity contribution in [3.8, 4) is 17.1 Å². The molecule has 0 bridgehead atoms. The second-order valence-electron chi connectivity index (χ2n) is 4.32. The van der Waals surface area contributed by atoms with E-state index in [1.54, 1.807) is 7.11 Å². The fourth-order valence-corrected chi connectivity index (χ4v) is 1.93. The number of aryl methyl sites for hydroxylation is 1. The van der Waals surface area contributed by atoms with Gasteiger partial charge < -0.3 is 14.9 Å². The van der Waals surface area contributed by atoms with Crippen LogP contribution in [0.3, 0.4) is 0 Å². The Morgan fingerprint density at radius 3 is 2.53 bits per heavy atom. The van der Waals surface area contributed by atoms with Crippen molar-refractivity contribution in [1.82, 2.24) is 0 Å².